The van der Waals surface area contributed by atoms with Gasteiger partial charge in [-0.1, -0.05) is 20.3 Å². The second-order valence-corrected chi connectivity index (χ2v) is 6.78. The molecular formula is C16H28N2O3. The molecule has 2 N–H and O–H groups in total. The van der Waals surface area contributed by atoms with E-state index in [1.54, 1.807) is 4.90 Å². The lowest BCUT2D eigenvalue weighted by molar-refractivity contribution is -0.152. The first-order valence-corrected chi connectivity index (χ1v) is 8.27. The van der Waals surface area contributed by atoms with Gasteiger partial charge in [0.05, 0.1) is 5.41 Å². The summed E-state index contributed by atoms with van der Waals surface area (Å²) in [6, 6.07) is -0.0713. The quantitative estimate of drug-likeness (QED) is 0.819. The van der Waals surface area contributed by atoms with Crippen LogP contribution in [0.3, 0.4) is 0 Å². The molecule has 2 rings (SSSR count). The zero-order valence-corrected chi connectivity index (χ0v) is 13.3. The fourth-order valence-electron chi connectivity index (χ4n) is 3.75. The van der Waals surface area contributed by atoms with E-state index < -0.39 is 11.4 Å². The Balaban J connectivity index is 2.02. The third-order valence-corrected chi connectivity index (χ3v) is 5.41. The highest BCUT2D eigenvalue weighted by Crippen LogP contribution is 2.37. The Morgan fingerprint density at radius 2 is 1.90 bits per heavy atom. The maximum absolute atomic E-state index is 12.5. The number of urea groups is 1. The van der Waals surface area contributed by atoms with E-state index in [-0.39, 0.29) is 11.6 Å². The van der Waals surface area contributed by atoms with Gasteiger partial charge in [-0.2, -0.15) is 0 Å². The third-order valence-electron chi connectivity index (χ3n) is 5.41. The largest absolute Gasteiger partial charge is 0.481 e. The summed E-state index contributed by atoms with van der Waals surface area (Å²) in [5.74, 6) is -0.754. The van der Waals surface area contributed by atoms with Crippen molar-refractivity contribution in [2.45, 2.75) is 70.8 Å². The molecule has 1 saturated heterocycles. The van der Waals surface area contributed by atoms with E-state index in [0.29, 0.717) is 25.9 Å². The van der Waals surface area contributed by atoms with Crippen LogP contribution >= 0.6 is 0 Å². The predicted octanol–water partition coefficient (Wildman–Crippen LogP) is 3.00. The molecule has 0 radical (unpaired) electrons. The molecule has 1 aliphatic carbocycles. The number of carbonyl (C=O) groups is 2. The van der Waals surface area contributed by atoms with E-state index in [4.69, 9.17) is 0 Å². The van der Waals surface area contributed by atoms with Crippen molar-refractivity contribution in [3.05, 3.63) is 0 Å². The number of hydrogen-bond donors (Lipinski definition) is 2. The second kappa shape index (κ2) is 6.24. The van der Waals surface area contributed by atoms with E-state index in [0.717, 1.165) is 32.1 Å². The average molecular weight is 296 g/mol. The van der Waals surface area contributed by atoms with Gasteiger partial charge in [-0.25, -0.2) is 4.79 Å². The van der Waals surface area contributed by atoms with Crippen LogP contribution in [-0.4, -0.2) is 40.6 Å². The summed E-state index contributed by atoms with van der Waals surface area (Å²) in [7, 11) is 0. The monoisotopic (exact) mass is 296 g/mol. The van der Waals surface area contributed by atoms with Crippen LogP contribution in [0.1, 0.15) is 65.2 Å². The van der Waals surface area contributed by atoms with Gasteiger partial charge in [0.2, 0.25) is 0 Å². The van der Waals surface area contributed by atoms with Crippen molar-refractivity contribution >= 4 is 12.0 Å². The fraction of sp³-hybridized carbons (Fsp3) is 0.875. The van der Waals surface area contributed by atoms with Crippen molar-refractivity contribution in [1.29, 1.82) is 0 Å². The Bertz CT molecular complexity index is 397. The Morgan fingerprint density at radius 1 is 1.19 bits per heavy atom. The van der Waals surface area contributed by atoms with E-state index in [9.17, 15) is 14.7 Å². The maximum Gasteiger partial charge on any atom is 0.317 e. The molecule has 5 heteroatoms. The third kappa shape index (κ3) is 3.16. The number of likely N-dealkylation sites (tertiary alicyclic amines) is 1. The lowest BCUT2D eigenvalue weighted by Crippen LogP contribution is -2.59. The lowest BCUT2D eigenvalue weighted by atomic mass is 9.74. The summed E-state index contributed by atoms with van der Waals surface area (Å²) in [4.78, 5) is 25.9. The summed E-state index contributed by atoms with van der Waals surface area (Å²) in [6.07, 6.45) is 7.14. The molecule has 1 heterocycles. The van der Waals surface area contributed by atoms with Crippen molar-refractivity contribution in [2.75, 3.05) is 13.1 Å². The first kappa shape index (κ1) is 16.1. The summed E-state index contributed by atoms with van der Waals surface area (Å²) in [5, 5.41) is 12.8. The van der Waals surface area contributed by atoms with E-state index >= 15 is 0 Å². The van der Waals surface area contributed by atoms with Crippen molar-refractivity contribution in [2.24, 2.45) is 5.41 Å². The normalized spacial score (nSPS) is 27.8. The van der Waals surface area contributed by atoms with Gasteiger partial charge >= 0.3 is 12.0 Å². The number of aliphatic carboxylic acids is 1. The molecule has 2 amide bonds. The lowest BCUT2D eigenvalue weighted by Gasteiger charge is -2.45. The van der Waals surface area contributed by atoms with E-state index in [2.05, 4.69) is 12.2 Å². The Labute approximate surface area is 127 Å². The van der Waals surface area contributed by atoms with Crippen molar-refractivity contribution in [3.63, 3.8) is 0 Å². The number of piperidine rings is 1. The molecule has 1 atom stereocenters. The first-order valence-electron chi connectivity index (χ1n) is 8.27. The fourth-order valence-corrected chi connectivity index (χ4v) is 3.75. The van der Waals surface area contributed by atoms with Crippen LogP contribution in [0.2, 0.25) is 0 Å². The van der Waals surface area contributed by atoms with Crippen LogP contribution in [0, 0.1) is 5.41 Å². The Kier molecular flexibility index (Phi) is 4.79. The number of nitrogens with zero attached hydrogens (tertiary/aromatic N) is 1. The minimum Gasteiger partial charge on any atom is -0.481 e. The number of hydrogen-bond acceptors (Lipinski definition) is 2. The minimum absolute atomic E-state index is 0.0365. The predicted molar refractivity (Wildman–Crippen MR) is 81.2 cm³/mol. The molecule has 1 aliphatic heterocycles. The van der Waals surface area contributed by atoms with Crippen LogP contribution < -0.4 is 5.32 Å². The van der Waals surface area contributed by atoms with E-state index in [1.165, 1.54) is 6.42 Å². The van der Waals surface area contributed by atoms with Gasteiger partial charge in [0.25, 0.3) is 0 Å². The molecule has 2 aliphatic rings. The Morgan fingerprint density at radius 3 is 2.38 bits per heavy atom. The zero-order chi connectivity index (χ0) is 15.5. The number of carbonyl (C=O) groups excluding carboxylic acids is 1. The van der Waals surface area contributed by atoms with Crippen LogP contribution in [0.4, 0.5) is 4.79 Å². The molecule has 0 bridgehead atoms. The highest BCUT2D eigenvalue weighted by Gasteiger charge is 2.44. The standard InChI is InChI=1S/C16H28N2O3/c1-3-7-15(13(19)20)8-6-11-18(12-15)14(21)17-16(4-2)9-5-10-16/h3-12H2,1-2H3,(H,17,21)(H,19,20). The molecule has 0 aromatic carbocycles. The minimum atomic E-state index is -0.754. The number of nitrogens with one attached hydrogen (secondary N) is 1. The number of carboxylic acids is 1. The molecule has 0 aromatic rings. The molecule has 5 nitrogen and oxygen atoms in total. The van der Waals surface area contributed by atoms with Crippen LogP contribution in [0.25, 0.3) is 0 Å². The molecule has 0 spiro atoms. The molecule has 1 unspecified atom stereocenters. The first-order chi connectivity index (χ1) is 9.97. The highest BCUT2D eigenvalue weighted by molar-refractivity contribution is 5.79. The van der Waals surface area contributed by atoms with Crippen molar-refractivity contribution in [3.8, 4) is 0 Å². The smallest absolute Gasteiger partial charge is 0.317 e. The summed E-state index contributed by atoms with van der Waals surface area (Å²) >= 11 is 0. The number of amides is 2. The van der Waals surface area contributed by atoms with Crippen LogP contribution in [-0.2, 0) is 4.79 Å². The molecule has 21 heavy (non-hydrogen) atoms. The second-order valence-electron chi connectivity index (χ2n) is 6.78. The molecule has 120 valence electrons. The summed E-state index contributed by atoms with van der Waals surface area (Å²) in [6.45, 7) is 5.13. The maximum atomic E-state index is 12.5. The van der Waals surface area contributed by atoms with Crippen molar-refractivity contribution in [1.82, 2.24) is 10.2 Å². The summed E-state index contributed by atoms with van der Waals surface area (Å²) < 4.78 is 0. The summed E-state index contributed by atoms with van der Waals surface area (Å²) in [5.41, 5.74) is -0.783. The topological polar surface area (TPSA) is 69.6 Å². The zero-order valence-electron chi connectivity index (χ0n) is 13.3. The Hall–Kier alpha value is -1.26. The molecule has 1 saturated carbocycles. The van der Waals surface area contributed by atoms with Gasteiger partial charge in [-0.15, -0.1) is 0 Å². The van der Waals surface area contributed by atoms with Gasteiger partial charge in [0, 0.05) is 18.6 Å². The SMILES string of the molecule is CCCC1(C(=O)O)CCCN(C(=O)NC2(CC)CCC2)C1. The van der Waals surface area contributed by atoms with Crippen LogP contribution in [0.5, 0.6) is 0 Å². The van der Waals surface area contributed by atoms with Gasteiger partial charge in [-0.3, -0.25) is 4.79 Å². The molecule has 2 fully saturated rings. The highest BCUT2D eigenvalue weighted by atomic mass is 16.4. The van der Waals surface area contributed by atoms with Gasteiger partial charge in [-0.05, 0) is 44.9 Å². The van der Waals surface area contributed by atoms with Gasteiger partial charge in [0.1, 0.15) is 0 Å². The van der Waals surface area contributed by atoms with Crippen molar-refractivity contribution < 1.29 is 14.7 Å². The number of rotatable bonds is 5. The van der Waals surface area contributed by atoms with Gasteiger partial charge < -0.3 is 15.3 Å². The molecular weight excluding hydrogens is 268 g/mol. The number of carboxylic acid groups (broad SMARTS) is 1. The average Bonchev–Trinajstić information content (AvgIpc) is 2.43. The van der Waals surface area contributed by atoms with E-state index in [1.807, 2.05) is 6.92 Å². The molecule has 0 aromatic heterocycles. The van der Waals surface area contributed by atoms with Crippen LogP contribution in [0.15, 0.2) is 0 Å². The van der Waals surface area contributed by atoms with Gasteiger partial charge in [0.15, 0.2) is 0 Å².